The number of rotatable bonds is 6. The van der Waals surface area contributed by atoms with E-state index in [-0.39, 0.29) is 5.91 Å². The van der Waals surface area contributed by atoms with Crippen LogP contribution in [0.1, 0.15) is 10.4 Å². The largest absolute Gasteiger partial charge is 0.360 e. The lowest BCUT2D eigenvalue weighted by atomic mass is 10.1. The maximum Gasteiger partial charge on any atom is 0.267 e. The van der Waals surface area contributed by atoms with Crippen molar-refractivity contribution in [1.29, 1.82) is 0 Å². The van der Waals surface area contributed by atoms with Crippen LogP contribution in [0.2, 0.25) is 25.7 Å². The molecule has 0 saturated heterocycles. The summed E-state index contributed by atoms with van der Waals surface area (Å²) in [6.45, 7) is 7.92. The topological polar surface area (TPSA) is 82.2 Å². The molecule has 3 N–H and O–H groups in total. The van der Waals surface area contributed by atoms with Crippen molar-refractivity contribution in [3.63, 3.8) is 0 Å². The van der Waals surface area contributed by atoms with E-state index >= 15 is 0 Å². The molecule has 1 heterocycles. The fourth-order valence-corrected chi connectivity index (χ4v) is 3.35. The van der Waals surface area contributed by atoms with E-state index in [0.29, 0.717) is 29.0 Å². The Morgan fingerprint density at radius 2 is 2.18 bits per heavy atom. The van der Waals surface area contributed by atoms with Gasteiger partial charge in [0.2, 0.25) is 0 Å². The second kappa shape index (κ2) is 6.91. The van der Waals surface area contributed by atoms with E-state index in [1.54, 1.807) is 16.8 Å². The van der Waals surface area contributed by atoms with Crippen LogP contribution < -0.4 is 11.3 Å². The average Bonchev–Trinajstić information content (AvgIpc) is 2.79. The van der Waals surface area contributed by atoms with Crippen molar-refractivity contribution in [3.05, 3.63) is 28.4 Å². The number of amides is 1. The van der Waals surface area contributed by atoms with Crippen molar-refractivity contribution in [3.8, 4) is 0 Å². The van der Waals surface area contributed by atoms with Gasteiger partial charge in [-0.05, 0) is 34.1 Å². The van der Waals surface area contributed by atoms with Crippen molar-refractivity contribution in [2.24, 2.45) is 5.84 Å². The standard InChI is InChI=1S/C14H21BrN4O2Si/c1-22(2,3)8-7-21-9-19-12-10(13(15)18-19)5-4-6-11(12)14(20)17-16/h4-6H,7-9,16H2,1-3H3,(H,17,20). The molecule has 1 aromatic heterocycles. The maximum absolute atomic E-state index is 11.9. The van der Waals surface area contributed by atoms with Crippen LogP contribution in [-0.2, 0) is 11.5 Å². The quantitative estimate of drug-likeness (QED) is 0.263. The fourth-order valence-electron chi connectivity index (χ4n) is 2.08. The molecule has 1 amide bonds. The highest BCUT2D eigenvalue weighted by Gasteiger charge is 2.17. The minimum absolute atomic E-state index is 0.307. The Hall–Kier alpha value is -1.22. The molecule has 1 aromatic carbocycles. The Balaban J connectivity index is 2.24. The molecule has 2 aromatic rings. The Morgan fingerprint density at radius 3 is 2.82 bits per heavy atom. The summed E-state index contributed by atoms with van der Waals surface area (Å²) in [6.07, 6.45) is 0. The highest BCUT2D eigenvalue weighted by Crippen LogP contribution is 2.26. The molecule has 8 heteroatoms. The SMILES string of the molecule is C[Si](C)(C)CCOCn1nc(Br)c2cccc(C(=O)NN)c21. The number of nitrogen functional groups attached to an aromatic ring is 1. The van der Waals surface area contributed by atoms with Gasteiger partial charge in [-0.2, -0.15) is 5.10 Å². The summed E-state index contributed by atoms with van der Waals surface area (Å²) in [5.74, 6) is 4.91. The van der Waals surface area contributed by atoms with Gasteiger partial charge in [-0.15, -0.1) is 0 Å². The molecule has 120 valence electrons. The van der Waals surface area contributed by atoms with Crippen molar-refractivity contribution < 1.29 is 9.53 Å². The van der Waals surface area contributed by atoms with Gasteiger partial charge < -0.3 is 4.74 Å². The molecule has 0 bridgehead atoms. The number of benzene rings is 1. The molecule has 22 heavy (non-hydrogen) atoms. The van der Waals surface area contributed by atoms with Crippen LogP contribution in [0.3, 0.4) is 0 Å². The van der Waals surface area contributed by atoms with E-state index in [1.807, 2.05) is 6.07 Å². The molecule has 0 spiro atoms. The second-order valence-electron chi connectivity index (χ2n) is 6.31. The van der Waals surface area contributed by atoms with Crippen LogP contribution in [0.4, 0.5) is 0 Å². The van der Waals surface area contributed by atoms with Gasteiger partial charge in [-0.25, -0.2) is 10.5 Å². The number of halogens is 1. The number of nitrogens with one attached hydrogen (secondary N) is 1. The lowest BCUT2D eigenvalue weighted by Crippen LogP contribution is -2.30. The summed E-state index contributed by atoms with van der Waals surface area (Å²) >= 11 is 3.42. The number of hydrogen-bond acceptors (Lipinski definition) is 4. The number of nitrogens with two attached hydrogens (primary N) is 1. The van der Waals surface area contributed by atoms with Gasteiger partial charge in [0.1, 0.15) is 11.3 Å². The van der Waals surface area contributed by atoms with Gasteiger partial charge in [-0.3, -0.25) is 10.2 Å². The Morgan fingerprint density at radius 1 is 1.45 bits per heavy atom. The first-order valence-electron chi connectivity index (χ1n) is 7.07. The van der Waals surface area contributed by atoms with E-state index in [2.05, 4.69) is 46.1 Å². The molecule has 0 radical (unpaired) electrons. The number of carbonyl (C=O) groups excluding carboxylic acids is 1. The monoisotopic (exact) mass is 384 g/mol. The van der Waals surface area contributed by atoms with Crippen LogP contribution >= 0.6 is 15.9 Å². The van der Waals surface area contributed by atoms with Crippen molar-refractivity contribution in [2.45, 2.75) is 32.4 Å². The molecule has 0 fully saturated rings. The van der Waals surface area contributed by atoms with E-state index < -0.39 is 8.07 Å². The number of hydrogen-bond donors (Lipinski definition) is 2. The van der Waals surface area contributed by atoms with Crippen LogP contribution in [0.5, 0.6) is 0 Å². The van der Waals surface area contributed by atoms with E-state index in [9.17, 15) is 4.79 Å². The summed E-state index contributed by atoms with van der Waals surface area (Å²) in [6, 6.07) is 6.51. The number of fused-ring (bicyclic) bond motifs is 1. The summed E-state index contributed by atoms with van der Waals surface area (Å²) in [7, 11) is -1.12. The maximum atomic E-state index is 11.9. The van der Waals surface area contributed by atoms with Crippen LogP contribution in [0.15, 0.2) is 22.8 Å². The van der Waals surface area contributed by atoms with Gasteiger partial charge >= 0.3 is 0 Å². The molecular weight excluding hydrogens is 364 g/mol. The van der Waals surface area contributed by atoms with Gasteiger partial charge in [0.15, 0.2) is 0 Å². The molecule has 2 rings (SSSR count). The zero-order valence-corrected chi connectivity index (χ0v) is 15.6. The van der Waals surface area contributed by atoms with Crippen molar-refractivity contribution >= 4 is 40.8 Å². The molecule has 6 nitrogen and oxygen atoms in total. The summed E-state index contributed by atoms with van der Waals surface area (Å²) in [5.41, 5.74) is 3.36. The molecule has 0 unspecified atom stereocenters. The lowest BCUT2D eigenvalue weighted by Gasteiger charge is -2.15. The van der Waals surface area contributed by atoms with Crippen LogP contribution in [0.25, 0.3) is 10.9 Å². The number of ether oxygens (including phenoxy) is 1. The number of para-hydroxylation sites is 1. The van der Waals surface area contributed by atoms with Crippen LogP contribution in [0, 0.1) is 0 Å². The van der Waals surface area contributed by atoms with Gasteiger partial charge in [0, 0.05) is 20.1 Å². The van der Waals surface area contributed by atoms with Crippen molar-refractivity contribution in [1.82, 2.24) is 15.2 Å². The third-order valence-electron chi connectivity index (χ3n) is 3.31. The second-order valence-corrected chi connectivity index (χ2v) is 12.7. The fraction of sp³-hybridized carbons (Fsp3) is 0.429. The first kappa shape index (κ1) is 17.1. The summed E-state index contributed by atoms with van der Waals surface area (Å²) in [5, 5.41) is 5.26. The zero-order chi connectivity index (χ0) is 16.3. The van der Waals surface area contributed by atoms with Gasteiger partial charge in [0.25, 0.3) is 5.91 Å². The molecule has 0 aliphatic rings. The predicted molar refractivity (Wildman–Crippen MR) is 93.2 cm³/mol. The highest BCUT2D eigenvalue weighted by atomic mass is 79.9. The Labute approximate surface area is 139 Å². The molecular formula is C14H21BrN4O2Si. The number of carbonyl (C=O) groups is 1. The van der Waals surface area contributed by atoms with Crippen molar-refractivity contribution in [2.75, 3.05) is 6.61 Å². The molecule has 0 saturated carbocycles. The number of nitrogens with zero attached hydrogens (tertiary/aromatic N) is 2. The summed E-state index contributed by atoms with van der Waals surface area (Å²) < 4.78 is 8.11. The molecule has 0 aliphatic heterocycles. The highest BCUT2D eigenvalue weighted by molar-refractivity contribution is 9.10. The average molecular weight is 385 g/mol. The van der Waals surface area contributed by atoms with Gasteiger partial charge in [-0.1, -0.05) is 25.7 Å². The summed E-state index contributed by atoms with van der Waals surface area (Å²) in [4.78, 5) is 11.9. The minimum atomic E-state index is -1.12. The first-order chi connectivity index (χ1) is 10.3. The minimum Gasteiger partial charge on any atom is -0.360 e. The Kier molecular flexibility index (Phi) is 5.38. The third kappa shape index (κ3) is 3.95. The van der Waals surface area contributed by atoms with E-state index in [0.717, 1.165) is 11.4 Å². The third-order valence-corrected chi connectivity index (χ3v) is 5.60. The number of hydrazine groups is 1. The first-order valence-corrected chi connectivity index (χ1v) is 11.6. The van der Waals surface area contributed by atoms with Crippen LogP contribution in [-0.4, -0.2) is 30.4 Å². The van der Waals surface area contributed by atoms with E-state index in [4.69, 9.17) is 10.6 Å². The zero-order valence-electron chi connectivity index (χ0n) is 13.0. The molecule has 0 aliphatic carbocycles. The molecule has 0 atom stereocenters. The Bertz CT molecular complexity index is 681. The lowest BCUT2D eigenvalue weighted by molar-refractivity contribution is 0.0811. The van der Waals surface area contributed by atoms with E-state index in [1.165, 1.54) is 0 Å². The predicted octanol–water partition coefficient (Wildman–Crippen LogP) is 2.71. The smallest absolute Gasteiger partial charge is 0.267 e. The normalized spacial score (nSPS) is 11.9. The number of aromatic nitrogens is 2. The van der Waals surface area contributed by atoms with Gasteiger partial charge in [0.05, 0.1) is 11.1 Å².